The maximum atomic E-state index is 12.6. The SMILES string of the molecule is CC(C)(C)c1ccc(C(=O)Nc2ccc(C(=O)NNC(=O)c3cccc(OCCOc4ccccc4)c3)cc2)cc1. The van der Waals surface area contributed by atoms with Crippen molar-refractivity contribution in [1.82, 2.24) is 10.9 Å². The lowest BCUT2D eigenvalue weighted by atomic mass is 9.87. The average Bonchev–Trinajstić information content (AvgIpc) is 2.98. The molecule has 0 radical (unpaired) electrons. The molecule has 0 aromatic heterocycles. The molecule has 0 bridgehead atoms. The van der Waals surface area contributed by atoms with Crippen LogP contribution < -0.4 is 25.6 Å². The largest absolute Gasteiger partial charge is 0.490 e. The minimum Gasteiger partial charge on any atom is -0.490 e. The van der Waals surface area contributed by atoms with Crippen LogP contribution in [0.1, 0.15) is 57.4 Å². The molecule has 0 fully saturated rings. The molecule has 0 aliphatic heterocycles. The molecule has 0 spiro atoms. The molecular weight excluding hydrogens is 518 g/mol. The molecule has 0 aliphatic rings. The molecule has 0 heterocycles. The number of carbonyl (C=O) groups is 3. The highest BCUT2D eigenvalue weighted by Gasteiger charge is 2.15. The van der Waals surface area contributed by atoms with Gasteiger partial charge in [0.05, 0.1) is 0 Å². The van der Waals surface area contributed by atoms with Crippen LogP contribution in [0.25, 0.3) is 0 Å². The van der Waals surface area contributed by atoms with Crippen LogP contribution in [0.5, 0.6) is 11.5 Å². The third-order valence-electron chi connectivity index (χ3n) is 6.17. The van der Waals surface area contributed by atoms with Gasteiger partial charge >= 0.3 is 0 Å². The Kier molecular flexibility index (Phi) is 9.37. The van der Waals surface area contributed by atoms with Gasteiger partial charge in [0, 0.05) is 22.4 Å². The molecule has 0 saturated carbocycles. The third kappa shape index (κ3) is 8.44. The summed E-state index contributed by atoms with van der Waals surface area (Å²) in [6, 6.07) is 29.9. The molecule has 4 aromatic rings. The molecule has 3 N–H and O–H groups in total. The lowest BCUT2D eigenvalue weighted by Gasteiger charge is -2.19. The van der Waals surface area contributed by atoms with Crippen LogP contribution in [0.3, 0.4) is 0 Å². The molecular formula is C33H33N3O5. The number of ether oxygens (including phenoxy) is 2. The predicted octanol–water partition coefficient (Wildman–Crippen LogP) is 5.77. The summed E-state index contributed by atoms with van der Waals surface area (Å²) in [5, 5.41) is 2.83. The van der Waals surface area contributed by atoms with Crippen molar-refractivity contribution in [2.24, 2.45) is 0 Å². The number of hydrogen-bond acceptors (Lipinski definition) is 5. The fourth-order valence-corrected chi connectivity index (χ4v) is 3.85. The topological polar surface area (TPSA) is 106 Å². The Labute approximate surface area is 239 Å². The Morgan fingerprint density at radius 3 is 1.76 bits per heavy atom. The van der Waals surface area contributed by atoms with E-state index in [0.29, 0.717) is 41.3 Å². The zero-order valence-corrected chi connectivity index (χ0v) is 23.3. The first-order chi connectivity index (χ1) is 19.7. The Morgan fingerprint density at radius 2 is 1.12 bits per heavy atom. The van der Waals surface area contributed by atoms with Crippen LogP contribution >= 0.6 is 0 Å². The second-order valence-electron chi connectivity index (χ2n) is 10.3. The summed E-state index contributed by atoms with van der Waals surface area (Å²) in [4.78, 5) is 37.7. The minimum absolute atomic E-state index is 0.00187. The predicted molar refractivity (Wildman–Crippen MR) is 158 cm³/mol. The van der Waals surface area contributed by atoms with Crippen LogP contribution in [0, 0.1) is 0 Å². The lowest BCUT2D eigenvalue weighted by Crippen LogP contribution is -2.41. The maximum absolute atomic E-state index is 12.6. The second-order valence-corrected chi connectivity index (χ2v) is 10.3. The molecule has 4 aromatic carbocycles. The van der Waals surface area contributed by atoms with Crippen molar-refractivity contribution in [3.05, 3.63) is 125 Å². The van der Waals surface area contributed by atoms with Crippen molar-refractivity contribution in [3.8, 4) is 11.5 Å². The minimum atomic E-state index is -0.500. The quantitative estimate of drug-likeness (QED) is 0.181. The highest BCUT2D eigenvalue weighted by molar-refractivity contribution is 6.04. The molecule has 210 valence electrons. The van der Waals surface area contributed by atoms with Gasteiger partial charge in [-0.15, -0.1) is 0 Å². The van der Waals surface area contributed by atoms with E-state index in [1.165, 1.54) is 0 Å². The number of benzene rings is 4. The summed E-state index contributed by atoms with van der Waals surface area (Å²) >= 11 is 0. The van der Waals surface area contributed by atoms with Gasteiger partial charge in [0.2, 0.25) is 0 Å². The Bertz CT molecular complexity index is 1480. The van der Waals surface area contributed by atoms with Crippen molar-refractivity contribution < 1.29 is 23.9 Å². The van der Waals surface area contributed by atoms with E-state index in [2.05, 4.69) is 36.9 Å². The summed E-state index contributed by atoms with van der Waals surface area (Å²) in [5.41, 5.74) is 7.67. The average molecular weight is 552 g/mol. The van der Waals surface area contributed by atoms with Gasteiger partial charge in [-0.1, -0.05) is 57.2 Å². The highest BCUT2D eigenvalue weighted by atomic mass is 16.5. The van der Waals surface area contributed by atoms with Gasteiger partial charge in [-0.3, -0.25) is 25.2 Å². The van der Waals surface area contributed by atoms with Crippen molar-refractivity contribution in [2.45, 2.75) is 26.2 Å². The molecule has 4 rings (SSSR count). The fourth-order valence-electron chi connectivity index (χ4n) is 3.85. The van der Waals surface area contributed by atoms with Gasteiger partial charge in [0.25, 0.3) is 17.7 Å². The van der Waals surface area contributed by atoms with Crippen LogP contribution in [-0.4, -0.2) is 30.9 Å². The van der Waals surface area contributed by atoms with E-state index >= 15 is 0 Å². The molecule has 0 saturated heterocycles. The van der Waals surface area contributed by atoms with Gasteiger partial charge < -0.3 is 14.8 Å². The number of hydrogen-bond donors (Lipinski definition) is 3. The van der Waals surface area contributed by atoms with Crippen molar-refractivity contribution >= 4 is 23.4 Å². The van der Waals surface area contributed by atoms with E-state index in [0.717, 1.165) is 11.3 Å². The van der Waals surface area contributed by atoms with Crippen LogP contribution in [-0.2, 0) is 5.41 Å². The standard InChI is InChI=1S/C33H33N3O5/c1-33(2,3)26-16-12-23(13-17-26)30(37)34-27-18-14-24(15-19-27)31(38)35-36-32(39)25-8-7-11-29(22-25)41-21-20-40-28-9-5-4-6-10-28/h4-19,22H,20-21H2,1-3H3,(H,34,37)(H,35,38)(H,36,39). The first-order valence-electron chi connectivity index (χ1n) is 13.2. The smallest absolute Gasteiger partial charge is 0.269 e. The van der Waals surface area contributed by atoms with Gasteiger partial charge in [-0.2, -0.15) is 0 Å². The first-order valence-corrected chi connectivity index (χ1v) is 13.2. The normalized spacial score (nSPS) is 10.8. The van der Waals surface area contributed by atoms with Gasteiger partial charge in [-0.05, 0) is 77.7 Å². The molecule has 41 heavy (non-hydrogen) atoms. The summed E-state index contributed by atoms with van der Waals surface area (Å²) < 4.78 is 11.3. The third-order valence-corrected chi connectivity index (χ3v) is 6.17. The molecule has 0 aliphatic carbocycles. The molecule has 8 heteroatoms. The summed E-state index contributed by atoms with van der Waals surface area (Å²) in [6.45, 7) is 7.00. The number of rotatable bonds is 9. The van der Waals surface area contributed by atoms with Crippen LogP contribution in [0.4, 0.5) is 5.69 Å². The molecule has 3 amide bonds. The Balaban J connectivity index is 1.24. The van der Waals surface area contributed by atoms with Crippen molar-refractivity contribution in [2.75, 3.05) is 18.5 Å². The molecule has 0 unspecified atom stereocenters. The summed E-state index contributed by atoms with van der Waals surface area (Å²) in [5.74, 6) is 0.0136. The number of para-hydroxylation sites is 1. The van der Waals surface area contributed by atoms with E-state index in [-0.39, 0.29) is 11.3 Å². The maximum Gasteiger partial charge on any atom is 0.269 e. The highest BCUT2D eigenvalue weighted by Crippen LogP contribution is 2.22. The number of amides is 3. The van der Waals surface area contributed by atoms with Gasteiger partial charge in [0.15, 0.2) is 0 Å². The molecule has 8 nitrogen and oxygen atoms in total. The summed E-state index contributed by atoms with van der Waals surface area (Å²) in [6.07, 6.45) is 0. The summed E-state index contributed by atoms with van der Waals surface area (Å²) in [7, 11) is 0. The monoisotopic (exact) mass is 551 g/mol. The molecule has 0 atom stereocenters. The van der Waals surface area contributed by atoms with E-state index in [1.807, 2.05) is 42.5 Å². The Morgan fingerprint density at radius 1 is 0.585 bits per heavy atom. The number of nitrogens with one attached hydrogen (secondary N) is 3. The number of anilines is 1. The van der Waals surface area contributed by atoms with Crippen molar-refractivity contribution in [1.29, 1.82) is 0 Å². The van der Waals surface area contributed by atoms with E-state index in [1.54, 1.807) is 60.7 Å². The number of hydrazine groups is 1. The van der Waals surface area contributed by atoms with Crippen LogP contribution in [0.2, 0.25) is 0 Å². The second kappa shape index (κ2) is 13.3. The van der Waals surface area contributed by atoms with Gasteiger partial charge in [-0.25, -0.2) is 0 Å². The number of carbonyl (C=O) groups excluding carboxylic acids is 3. The zero-order valence-electron chi connectivity index (χ0n) is 23.3. The van der Waals surface area contributed by atoms with Crippen LogP contribution in [0.15, 0.2) is 103 Å². The van der Waals surface area contributed by atoms with Crippen molar-refractivity contribution in [3.63, 3.8) is 0 Å². The Hall–Kier alpha value is -5.11. The van der Waals surface area contributed by atoms with Gasteiger partial charge in [0.1, 0.15) is 24.7 Å². The lowest BCUT2D eigenvalue weighted by molar-refractivity contribution is 0.0846. The first kappa shape index (κ1) is 28.9. The van der Waals surface area contributed by atoms with E-state index in [4.69, 9.17) is 9.47 Å². The zero-order chi connectivity index (χ0) is 29.2. The van der Waals surface area contributed by atoms with E-state index < -0.39 is 11.8 Å². The van der Waals surface area contributed by atoms with E-state index in [9.17, 15) is 14.4 Å². The fraction of sp³-hybridized carbons (Fsp3) is 0.182.